The molecule has 2 aromatic rings. The van der Waals surface area contributed by atoms with E-state index in [4.69, 9.17) is 0 Å². The molecule has 1 atom stereocenters. The summed E-state index contributed by atoms with van der Waals surface area (Å²) < 4.78 is 15.3. The van der Waals surface area contributed by atoms with Crippen LogP contribution in [0, 0.1) is 5.82 Å². The Morgan fingerprint density at radius 3 is 2.69 bits per heavy atom. The summed E-state index contributed by atoms with van der Waals surface area (Å²) in [5.41, 5.74) is 0.261. The number of benzene rings is 1. The molecule has 0 aliphatic carbocycles. The number of rotatable bonds is 7. The van der Waals surface area contributed by atoms with Gasteiger partial charge in [0.25, 0.3) is 0 Å². The summed E-state index contributed by atoms with van der Waals surface area (Å²) in [6, 6.07) is 6.73. The van der Waals surface area contributed by atoms with E-state index in [0.717, 1.165) is 0 Å². The number of aryl methyl sites for hydroxylation is 1. The molecule has 0 radical (unpaired) electrons. The van der Waals surface area contributed by atoms with Gasteiger partial charge in [0.1, 0.15) is 11.4 Å². The van der Waals surface area contributed by atoms with Gasteiger partial charge in [0.05, 0.1) is 12.7 Å². The smallest absolute Gasteiger partial charge is 0.191 e. The van der Waals surface area contributed by atoms with E-state index in [0.29, 0.717) is 36.6 Å². The number of nitrogens with zero attached hydrogens (tertiary/aromatic N) is 3. The Morgan fingerprint density at radius 2 is 2.08 bits per heavy atom. The number of halogens is 2. The average Bonchev–Trinajstić information content (AvgIpc) is 3.02. The first-order valence-electron chi connectivity index (χ1n) is 8.39. The van der Waals surface area contributed by atoms with E-state index < -0.39 is 5.60 Å². The van der Waals surface area contributed by atoms with E-state index in [1.807, 2.05) is 13.0 Å². The highest BCUT2D eigenvalue weighted by molar-refractivity contribution is 14.0. The van der Waals surface area contributed by atoms with Crippen molar-refractivity contribution >= 4 is 29.9 Å². The monoisotopic (exact) mass is 475 g/mol. The van der Waals surface area contributed by atoms with Crippen LogP contribution in [0.4, 0.5) is 4.39 Å². The van der Waals surface area contributed by atoms with Crippen LogP contribution in [0.2, 0.25) is 0 Å². The summed E-state index contributed by atoms with van der Waals surface area (Å²) in [6.07, 6.45) is 3.96. The summed E-state index contributed by atoms with van der Waals surface area (Å²) in [4.78, 5) is 4.44. The van der Waals surface area contributed by atoms with E-state index in [1.54, 1.807) is 43.2 Å². The van der Waals surface area contributed by atoms with E-state index in [1.165, 1.54) is 6.07 Å². The molecule has 0 saturated heterocycles. The number of hydrogen-bond donors (Lipinski definition) is 3. The molecule has 0 aliphatic rings. The highest BCUT2D eigenvalue weighted by Gasteiger charge is 2.24. The number of hydrogen-bond acceptors (Lipinski definition) is 3. The highest BCUT2D eigenvalue weighted by atomic mass is 127. The summed E-state index contributed by atoms with van der Waals surface area (Å²) in [6.45, 7) is 5.10. The molecule has 144 valence electrons. The van der Waals surface area contributed by atoms with Crippen LogP contribution >= 0.6 is 24.0 Å². The van der Waals surface area contributed by atoms with Gasteiger partial charge < -0.3 is 15.7 Å². The Morgan fingerprint density at radius 1 is 1.35 bits per heavy atom. The lowest BCUT2D eigenvalue weighted by molar-refractivity contribution is 0.0672. The van der Waals surface area contributed by atoms with Crippen LogP contribution in [-0.4, -0.2) is 40.5 Å². The van der Waals surface area contributed by atoms with Gasteiger partial charge in [-0.1, -0.05) is 18.2 Å². The Kier molecular flexibility index (Phi) is 9.00. The lowest BCUT2D eigenvalue weighted by Crippen LogP contribution is -2.39. The van der Waals surface area contributed by atoms with Gasteiger partial charge in [-0.2, -0.15) is 5.10 Å². The van der Waals surface area contributed by atoms with Gasteiger partial charge in [-0.25, -0.2) is 9.38 Å². The number of aliphatic hydroxyl groups is 1. The van der Waals surface area contributed by atoms with Crippen molar-refractivity contribution < 1.29 is 9.50 Å². The molecule has 0 spiro atoms. The Labute approximate surface area is 170 Å². The number of nitrogens with one attached hydrogen (secondary N) is 2. The van der Waals surface area contributed by atoms with Crippen molar-refractivity contribution in [2.45, 2.75) is 25.9 Å². The van der Waals surface area contributed by atoms with Crippen LogP contribution in [0.5, 0.6) is 0 Å². The van der Waals surface area contributed by atoms with Crippen LogP contribution in [0.25, 0.3) is 0 Å². The quantitative estimate of drug-likeness (QED) is 0.326. The molecule has 1 heterocycles. The first kappa shape index (κ1) is 22.4. The third kappa shape index (κ3) is 6.56. The van der Waals surface area contributed by atoms with Crippen molar-refractivity contribution in [3.63, 3.8) is 0 Å². The van der Waals surface area contributed by atoms with Crippen molar-refractivity contribution in [3.05, 3.63) is 53.6 Å². The SMILES string of the molecule is CCNC(=NCC(C)(O)c1cnn(C)c1)NCCc1ccccc1F.I. The lowest BCUT2D eigenvalue weighted by atomic mass is 10.0. The molecule has 8 heteroatoms. The van der Waals surface area contributed by atoms with Gasteiger partial charge in [-0.3, -0.25) is 4.68 Å². The second kappa shape index (κ2) is 10.5. The minimum atomic E-state index is -1.11. The molecule has 6 nitrogen and oxygen atoms in total. The fraction of sp³-hybridized carbons (Fsp3) is 0.444. The highest BCUT2D eigenvalue weighted by Crippen LogP contribution is 2.19. The van der Waals surface area contributed by atoms with Gasteiger partial charge in [-0.15, -0.1) is 24.0 Å². The zero-order valence-electron chi connectivity index (χ0n) is 15.4. The molecule has 0 aliphatic heterocycles. The predicted molar refractivity (Wildman–Crippen MR) is 112 cm³/mol. The Hall–Kier alpha value is -1.68. The minimum absolute atomic E-state index is 0. The minimum Gasteiger partial charge on any atom is -0.383 e. The number of guanidine groups is 1. The van der Waals surface area contributed by atoms with Crippen LogP contribution in [0.15, 0.2) is 41.7 Å². The zero-order chi connectivity index (χ0) is 18.3. The molecule has 0 saturated carbocycles. The third-order valence-corrected chi connectivity index (χ3v) is 3.86. The summed E-state index contributed by atoms with van der Waals surface area (Å²) in [7, 11) is 1.80. The third-order valence-electron chi connectivity index (χ3n) is 3.86. The molecule has 1 aromatic heterocycles. The molecule has 0 bridgehead atoms. The molecule has 1 unspecified atom stereocenters. The Bertz CT molecular complexity index is 717. The van der Waals surface area contributed by atoms with Crippen molar-refractivity contribution in [2.75, 3.05) is 19.6 Å². The molecular formula is C18H27FIN5O. The summed E-state index contributed by atoms with van der Waals surface area (Å²) >= 11 is 0. The maximum Gasteiger partial charge on any atom is 0.191 e. The van der Waals surface area contributed by atoms with E-state index in [2.05, 4.69) is 20.7 Å². The second-order valence-electron chi connectivity index (χ2n) is 6.14. The molecule has 1 aromatic carbocycles. The van der Waals surface area contributed by atoms with E-state index in [9.17, 15) is 9.50 Å². The summed E-state index contributed by atoms with van der Waals surface area (Å²) in [5.74, 6) is 0.383. The van der Waals surface area contributed by atoms with Gasteiger partial charge in [0.2, 0.25) is 0 Å². The molecule has 0 amide bonds. The second-order valence-corrected chi connectivity index (χ2v) is 6.14. The predicted octanol–water partition coefficient (Wildman–Crippen LogP) is 2.18. The van der Waals surface area contributed by atoms with Crippen molar-refractivity contribution in [2.24, 2.45) is 12.0 Å². The first-order valence-corrected chi connectivity index (χ1v) is 8.39. The van der Waals surface area contributed by atoms with E-state index in [-0.39, 0.29) is 36.3 Å². The fourth-order valence-electron chi connectivity index (χ4n) is 2.38. The molecular weight excluding hydrogens is 448 g/mol. The average molecular weight is 475 g/mol. The first-order chi connectivity index (χ1) is 11.9. The normalized spacial score (nSPS) is 13.7. The maximum atomic E-state index is 13.6. The van der Waals surface area contributed by atoms with Crippen LogP contribution in [0.1, 0.15) is 25.0 Å². The topological polar surface area (TPSA) is 74.5 Å². The van der Waals surface area contributed by atoms with Crippen LogP contribution < -0.4 is 10.6 Å². The van der Waals surface area contributed by atoms with Crippen LogP contribution in [0.3, 0.4) is 0 Å². The molecule has 3 N–H and O–H groups in total. The number of aromatic nitrogens is 2. The van der Waals surface area contributed by atoms with Gasteiger partial charge in [-0.05, 0) is 31.9 Å². The zero-order valence-corrected chi connectivity index (χ0v) is 17.7. The van der Waals surface area contributed by atoms with Crippen molar-refractivity contribution in [1.29, 1.82) is 0 Å². The molecule has 0 fully saturated rings. The fourth-order valence-corrected chi connectivity index (χ4v) is 2.38. The van der Waals surface area contributed by atoms with Gasteiger partial charge in [0.15, 0.2) is 5.96 Å². The molecule has 2 rings (SSSR count). The number of aliphatic imine (C=N–C) groups is 1. The molecule has 26 heavy (non-hydrogen) atoms. The largest absolute Gasteiger partial charge is 0.383 e. The van der Waals surface area contributed by atoms with Crippen molar-refractivity contribution in [1.82, 2.24) is 20.4 Å². The lowest BCUT2D eigenvalue weighted by Gasteiger charge is -2.20. The maximum absolute atomic E-state index is 13.6. The Balaban J connectivity index is 0.00000338. The van der Waals surface area contributed by atoms with E-state index >= 15 is 0 Å². The van der Waals surface area contributed by atoms with Gasteiger partial charge >= 0.3 is 0 Å². The van der Waals surface area contributed by atoms with Crippen molar-refractivity contribution in [3.8, 4) is 0 Å². The standard InChI is InChI=1S/C18H26FN5O.HI/c1-4-20-17(21-10-9-14-7-5-6-8-16(14)19)22-13-18(2,25)15-11-23-24(3)12-15;/h5-8,11-12,25H,4,9-10,13H2,1-3H3,(H2,20,21,22);1H. The summed E-state index contributed by atoms with van der Waals surface area (Å²) in [5, 5.41) is 21.0. The van der Waals surface area contributed by atoms with Crippen LogP contribution in [-0.2, 0) is 19.1 Å². The van der Waals surface area contributed by atoms with Gasteiger partial charge in [0, 0.05) is 31.9 Å².